The van der Waals surface area contributed by atoms with E-state index >= 15 is 0 Å². The number of rotatable bonds is 4. The Hall–Kier alpha value is -5.50. The zero-order valence-corrected chi connectivity index (χ0v) is 27.4. The first kappa shape index (κ1) is 28.9. The Morgan fingerprint density at radius 3 is 1.26 bits per heavy atom. The Bertz CT molecular complexity index is 2440. The van der Waals surface area contributed by atoms with Crippen LogP contribution in [0.1, 0.15) is 13.8 Å². The van der Waals surface area contributed by atoms with Crippen molar-refractivity contribution in [2.45, 2.75) is 13.8 Å². The molecule has 9 rings (SSSR count). The summed E-state index contributed by atoms with van der Waals surface area (Å²) >= 11 is 1.89. The lowest BCUT2D eigenvalue weighted by molar-refractivity contribution is 1.50. The number of benzene rings is 8. The lowest BCUT2D eigenvalue weighted by atomic mass is 9.85. The third-order valence-corrected chi connectivity index (χ3v) is 10.3. The topological polar surface area (TPSA) is 0 Å². The van der Waals surface area contributed by atoms with Gasteiger partial charge in [-0.2, -0.15) is 0 Å². The fourth-order valence-corrected chi connectivity index (χ4v) is 8.24. The van der Waals surface area contributed by atoms with Crippen molar-refractivity contribution < 1.29 is 0 Å². The molecule has 0 aliphatic rings. The van der Waals surface area contributed by atoms with Crippen LogP contribution < -0.4 is 0 Å². The highest BCUT2D eigenvalue weighted by molar-refractivity contribution is 7.26. The number of fused-ring (bicyclic) bond motifs is 5. The maximum Gasteiger partial charge on any atom is 0.0433 e. The number of hydrogen-bond donors (Lipinski definition) is 0. The Labute approximate surface area is 280 Å². The van der Waals surface area contributed by atoms with E-state index in [1.165, 1.54) is 86.2 Å². The minimum Gasteiger partial charge on any atom is -0.135 e. The highest BCUT2D eigenvalue weighted by Gasteiger charge is 2.17. The predicted molar refractivity (Wildman–Crippen MR) is 207 cm³/mol. The largest absolute Gasteiger partial charge is 0.135 e. The second-order valence-electron chi connectivity index (χ2n) is 11.6. The molecule has 0 fully saturated rings. The lowest BCUT2D eigenvalue weighted by Gasteiger charge is -2.18. The van der Waals surface area contributed by atoms with Crippen molar-refractivity contribution in [2.24, 2.45) is 0 Å². The van der Waals surface area contributed by atoms with Crippen molar-refractivity contribution in [3.8, 4) is 44.5 Å². The van der Waals surface area contributed by atoms with Crippen LogP contribution in [0.5, 0.6) is 0 Å². The van der Waals surface area contributed by atoms with Crippen LogP contribution >= 0.6 is 11.3 Å². The predicted octanol–water partition coefficient (Wildman–Crippen LogP) is 14.1. The van der Waals surface area contributed by atoms with Crippen molar-refractivity contribution in [3.05, 3.63) is 170 Å². The summed E-state index contributed by atoms with van der Waals surface area (Å²) in [5.74, 6) is 0. The third kappa shape index (κ3) is 5.01. The van der Waals surface area contributed by atoms with E-state index in [2.05, 4.69) is 170 Å². The van der Waals surface area contributed by atoms with Gasteiger partial charge < -0.3 is 0 Å². The monoisotopic (exact) mass is 618 g/mol. The van der Waals surface area contributed by atoms with Crippen molar-refractivity contribution in [2.75, 3.05) is 0 Å². The first-order valence-corrected chi connectivity index (χ1v) is 17.3. The van der Waals surface area contributed by atoms with Gasteiger partial charge in [-0.25, -0.2) is 0 Å². The van der Waals surface area contributed by atoms with E-state index in [1.807, 2.05) is 25.2 Å². The van der Waals surface area contributed by atoms with E-state index in [0.717, 1.165) is 0 Å². The molecule has 0 nitrogen and oxygen atoms in total. The van der Waals surface area contributed by atoms with Crippen molar-refractivity contribution in [1.29, 1.82) is 0 Å². The van der Waals surface area contributed by atoms with Gasteiger partial charge in [0.1, 0.15) is 0 Å². The van der Waals surface area contributed by atoms with E-state index in [1.54, 1.807) is 0 Å². The fraction of sp³-hybridized carbons (Fsp3) is 0.0435. The third-order valence-electron chi connectivity index (χ3n) is 9.10. The van der Waals surface area contributed by atoms with Gasteiger partial charge in [-0.05, 0) is 72.1 Å². The zero-order valence-electron chi connectivity index (χ0n) is 26.6. The van der Waals surface area contributed by atoms with Gasteiger partial charge in [0.2, 0.25) is 0 Å². The molecule has 8 aromatic carbocycles. The first-order valence-electron chi connectivity index (χ1n) is 16.4. The van der Waals surface area contributed by atoms with Crippen LogP contribution in [0.2, 0.25) is 0 Å². The molecule has 0 bridgehead atoms. The van der Waals surface area contributed by atoms with Gasteiger partial charge >= 0.3 is 0 Å². The van der Waals surface area contributed by atoms with Crippen LogP contribution in [0.25, 0.3) is 86.2 Å². The van der Waals surface area contributed by atoms with Crippen molar-refractivity contribution >= 4 is 53.1 Å². The molecule has 0 spiro atoms. The molecular weight excluding hydrogens is 585 g/mol. The number of thiophene rings is 1. The van der Waals surface area contributed by atoms with E-state index in [-0.39, 0.29) is 0 Å². The molecular formula is C46H34S. The molecule has 0 unspecified atom stereocenters. The van der Waals surface area contributed by atoms with Crippen LogP contribution in [-0.2, 0) is 0 Å². The zero-order chi connectivity index (χ0) is 31.7. The summed E-state index contributed by atoms with van der Waals surface area (Å²) in [6.45, 7) is 4.00. The molecule has 224 valence electrons. The standard InChI is InChI=1S/C44H28S.C2H6/c1-2-11-29(12-3-1)30-21-25-32(26-22-30)42-36-14-4-6-16-38(36)43(39-17-7-5-15-37(39)42)33-27-23-31(24-28-33)34-18-10-19-40-35-13-8-9-20-41(35)45-44(34)40;1-2/h1-28H;1-2H3. The maximum atomic E-state index is 2.31. The molecule has 1 heteroatoms. The van der Waals surface area contributed by atoms with Gasteiger partial charge in [0, 0.05) is 20.2 Å². The molecule has 0 saturated carbocycles. The van der Waals surface area contributed by atoms with Crippen LogP contribution in [-0.4, -0.2) is 0 Å². The molecule has 47 heavy (non-hydrogen) atoms. The lowest BCUT2D eigenvalue weighted by Crippen LogP contribution is -1.91. The summed E-state index contributed by atoms with van der Waals surface area (Å²) in [6, 6.07) is 62.1. The van der Waals surface area contributed by atoms with Gasteiger partial charge in [-0.3, -0.25) is 0 Å². The fourth-order valence-electron chi connectivity index (χ4n) is 7.00. The van der Waals surface area contributed by atoms with Gasteiger partial charge in [-0.15, -0.1) is 11.3 Å². The van der Waals surface area contributed by atoms with Crippen molar-refractivity contribution in [3.63, 3.8) is 0 Å². The molecule has 0 atom stereocenters. The average molecular weight is 619 g/mol. The molecule has 1 heterocycles. The summed E-state index contributed by atoms with van der Waals surface area (Å²) in [7, 11) is 0. The molecule has 0 saturated heterocycles. The minimum atomic E-state index is 1.23. The molecule has 0 N–H and O–H groups in total. The Balaban J connectivity index is 0.00000159. The molecule has 1 aromatic heterocycles. The SMILES string of the molecule is CC.c1ccc(-c2ccc(-c3c4ccccc4c(-c4ccc(-c5cccc6c5sc5ccccc56)cc4)c4ccccc34)cc2)cc1. The second-order valence-corrected chi connectivity index (χ2v) is 12.7. The van der Waals surface area contributed by atoms with Gasteiger partial charge in [0.05, 0.1) is 0 Å². The van der Waals surface area contributed by atoms with E-state index in [4.69, 9.17) is 0 Å². The highest BCUT2D eigenvalue weighted by Crippen LogP contribution is 2.45. The first-order chi connectivity index (χ1) is 23.3. The molecule has 0 radical (unpaired) electrons. The van der Waals surface area contributed by atoms with Gasteiger partial charge in [0.15, 0.2) is 0 Å². The summed E-state index contributed by atoms with van der Waals surface area (Å²) < 4.78 is 2.69. The van der Waals surface area contributed by atoms with Crippen LogP contribution in [0, 0.1) is 0 Å². The molecule has 0 aliphatic heterocycles. The smallest absolute Gasteiger partial charge is 0.0433 e. The summed E-state index contributed by atoms with van der Waals surface area (Å²) in [5.41, 5.74) is 10.1. The summed E-state index contributed by atoms with van der Waals surface area (Å²) in [5, 5.41) is 7.77. The van der Waals surface area contributed by atoms with Crippen LogP contribution in [0.15, 0.2) is 170 Å². The minimum absolute atomic E-state index is 1.23. The summed E-state index contributed by atoms with van der Waals surface area (Å²) in [6.07, 6.45) is 0. The van der Waals surface area contributed by atoms with E-state index in [0.29, 0.717) is 0 Å². The van der Waals surface area contributed by atoms with Crippen LogP contribution in [0.4, 0.5) is 0 Å². The van der Waals surface area contributed by atoms with Gasteiger partial charge in [-0.1, -0.05) is 178 Å². The maximum absolute atomic E-state index is 2.31. The highest BCUT2D eigenvalue weighted by atomic mass is 32.1. The van der Waals surface area contributed by atoms with Crippen LogP contribution in [0.3, 0.4) is 0 Å². The Kier molecular flexibility index (Phi) is 7.61. The molecule has 0 amide bonds. The quantitative estimate of drug-likeness (QED) is 0.172. The molecule has 0 aliphatic carbocycles. The number of hydrogen-bond acceptors (Lipinski definition) is 1. The van der Waals surface area contributed by atoms with Crippen molar-refractivity contribution in [1.82, 2.24) is 0 Å². The van der Waals surface area contributed by atoms with E-state index in [9.17, 15) is 0 Å². The molecule has 9 aromatic rings. The van der Waals surface area contributed by atoms with Gasteiger partial charge in [0.25, 0.3) is 0 Å². The average Bonchev–Trinajstić information content (AvgIpc) is 3.54. The normalized spacial score (nSPS) is 11.2. The Morgan fingerprint density at radius 1 is 0.298 bits per heavy atom. The second kappa shape index (κ2) is 12.4. The Morgan fingerprint density at radius 2 is 0.702 bits per heavy atom. The van der Waals surface area contributed by atoms with E-state index < -0.39 is 0 Å². The summed E-state index contributed by atoms with van der Waals surface area (Å²) in [4.78, 5) is 0.